The molecule has 1 aliphatic rings. The minimum absolute atomic E-state index is 0.298. The number of hydrogen-bond donors (Lipinski definition) is 0. The van der Waals surface area contributed by atoms with Gasteiger partial charge in [-0.2, -0.15) is 0 Å². The molecule has 0 saturated carbocycles. The van der Waals surface area contributed by atoms with E-state index in [9.17, 15) is 0 Å². The maximum absolute atomic E-state index is 6.77. The van der Waals surface area contributed by atoms with E-state index in [2.05, 4.69) is 156 Å². The first-order valence-corrected chi connectivity index (χ1v) is 19.7. The van der Waals surface area contributed by atoms with Crippen LogP contribution in [0.15, 0.2) is 173 Å². The quantitative estimate of drug-likeness (QED) is 0.167. The summed E-state index contributed by atoms with van der Waals surface area (Å²) >= 11 is -0.298. The van der Waals surface area contributed by atoms with Crippen molar-refractivity contribution in [2.75, 3.05) is 0 Å². The summed E-state index contributed by atoms with van der Waals surface area (Å²) in [5.41, 5.74) is 14.7. The molecule has 0 aliphatic carbocycles. The molecular formula is C48H27INO2-. The summed E-state index contributed by atoms with van der Waals surface area (Å²) in [7, 11) is 0. The van der Waals surface area contributed by atoms with Crippen molar-refractivity contribution in [2.24, 2.45) is 0 Å². The molecule has 0 bridgehead atoms. The van der Waals surface area contributed by atoms with E-state index in [-0.39, 0.29) is 21.2 Å². The third kappa shape index (κ3) is 4.07. The van der Waals surface area contributed by atoms with Gasteiger partial charge >= 0.3 is 256 Å². The van der Waals surface area contributed by atoms with Gasteiger partial charge in [0.1, 0.15) is 0 Å². The van der Waals surface area contributed by atoms with Crippen LogP contribution in [0.5, 0.6) is 0 Å². The predicted octanol–water partition coefficient (Wildman–Crippen LogP) is 10.0. The van der Waals surface area contributed by atoms with E-state index in [4.69, 9.17) is 8.83 Å². The van der Waals surface area contributed by atoms with Gasteiger partial charge in [-0.15, -0.1) is 0 Å². The van der Waals surface area contributed by atoms with Crippen LogP contribution in [0.25, 0.3) is 105 Å². The van der Waals surface area contributed by atoms with Gasteiger partial charge in [-0.25, -0.2) is 0 Å². The first kappa shape index (κ1) is 28.6. The molecular weight excluding hydrogens is 749 g/mol. The standard InChI is InChI=1S/C48H27INO2/c1-2-8-32(9-3-1)50-42-12-6-4-10-33(42)36-24-29(15-21-43(36)50)31-17-23-46-38(26-31)35-18-20-41-47(48(35)52-46)39-27-28(14-19-40(39)49-41)30-16-22-45-37(25-30)34-11-5-7-13-44(34)51-45/h1-27H/q-1. The molecule has 4 heterocycles. The zero-order valence-corrected chi connectivity index (χ0v) is 29.9. The Balaban J connectivity index is 0.984. The van der Waals surface area contributed by atoms with E-state index in [1.807, 2.05) is 12.1 Å². The van der Waals surface area contributed by atoms with E-state index in [1.54, 1.807) is 0 Å². The summed E-state index contributed by atoms with van der Waals surface area (Å²) in [6.07, 6.45) is 0. The average Bonchev–Trinajstić information content (AvgIpc) is 3.95. The Kier molecular flexibility index (Phi) is 5.88. The van der Waals surface area contributed by atoms with Crippen LogP contribution in [0.2, 0.25) is 0 Å². The van der Waals surface area contributed by atoms with E-state index >= 15 is 0 Å². The maximum Gasteiger partial charge on any atom is -0.0380 e. The molecule has 3 aromatic heterocycles. The van der Waals surface area contributed by atoms with Crippen LogP contribution in [-0.2, 0) is 0 Å². The van der Waals surface area contributed by atoms with Crippen molar-refractivity contribution >= 4 is 65.7 Å². The fourth-order valence-corrected chi connectivity index (χ4v) is 11.2. The second kappa shape index (κ2) is 10.7. The van der Waals surface area contributed by atoms with Gasteiger partial charge in [-0.1, -0.05) is 30.3 Å². The summed E-state index contributed by atoms with van der Waals surface area (Å²) in [6, 6.07) is 59.4. The van der Waals surface area contributed by atoms with Crippen LogP contribution in [-0.4, -0.2) is 4.57 Å². The minimum Gasteiger partial charge on any atom is -0.0602 e. The van der Waals surface area contributed by atoms with Crippen LogP contribution in [0, 0.1) is 7.14 Å². The van der Waals surface area contributed by atoms with Gasteiger partial charge in [-0.3, -0.25) is 0 Å². The van der Waals surface area contributed by atoms with E-state index in [0.717, 1.165) is 38.5 Å². The molecule has 0 unspecified atom stereocenters. The van der Waals surface area contributed by atoms with Gasteiger partial charge in [0, 0.05) is 5.69 Å². The van der Waals surface area contributed by atoms with Gasteiger partial charge in [0.25, 0.3) is 0 Å². The third-order valence-corrected chi connectivity index (χ3v) is 13.8. The molecule has 244 valence electrons. The first-order chi connectivity index (χ1) is 25.7. The molecule has 0 spiro atoms. The largest absolute Gasteiger partial charge is 0.0602 e. The SMILES string of the molecule is c1ccc(-n2c3ccccc3c3cc(-c4ccc5oc6c7c(ccc6c5c4)[I-]c4ccc(-c5ccc6oc8ccccc8c6c5)cc4-7)ccc32)cc1. The van der Waals surface area contributed by atoms with Crippen molar-refractivity contribution in [1.29, 1.82) is 0 Å². The topological polar surface area (TPSA) is 31.2 Å². The second-order valence-electron chi connectivity index (χ2n) is 13.6. The fraction of sp³-hybridized carbons (Fsp3) is 0. The number of fused-ring (bicyclic) bond motifs is 13. The van der Waals surface area contributed by atoms with Crippen LogP contribution < -0.4 is 21.2 Å². The molecule has 0 amide bonds. The molecule has 3 nitrogen and oxygen atoms in total. The Morgan fingerprint density at radius 1 is 0.385 bits per heavy atom. The summed E-state index contributed by atoms with van der Waals surface area (Å²) in [4.78, 5) is 0. The van der Waals surface area contributed by atoms with Crippen molar-refractivity contribution in [2.45, 2.75) is 0 Å². The zero-order chi connectivity index (χ0) is 33.9. The Bertz CT molecular complexity index is 3270. The Morgan fingerprint density at radius 2 is 0.981 bits per heavy atom. The summed E-state index contributed by atoms with van der Waals surface area (Å²) in [5, 5.41) is 7.14. The normalized spacial score (nSPS) is 12.7. The van der Waals surface area contributed by atoms with Gasteiger partial charge < -0.3 is 0 Å². The number of rotatable bonds is 3. The van der Waals surface area contributed by atoms with Crippen molar-refractivity contribution in [3.63, 3.8) is 0 Å². The second-order valence-corrected chi connectivity index (χ2v) is 16.5. The summed E-state index contributed by atoms with van der Waals surface area (Å²) in [6.45, 7) is 0. The van der Waals surface area contributed by atoms with Crippen molar-refractivity contribution in [3.05, 3.63) is 171 Å². The molecule has 0 saturated heterocycles. The van der Waals surface area contributed by atoms with Crippen molar-refractivity contribution < 1.29 is 30.0 Å². The van der Waals surface area contributed by atoms with Crippen molar-refractivity contribution in [1.82, 2.24) is 4.57 Å². The molecule has 12 rings (SSSR count). The summed E-state index contributed by atoms with van der Waals surface area (Å²) in [5.74, 6) is 0. The number of halogens is 1. The van der Waals surface area contributed by atoms with Crippen molar-refractivity contribution in [3.8, 4) is 39.1 Å². The molecule has 8 aromatic carbocycles. The molecule has 4 heteroatoms. The van der Waals surface area contributed by atoms with Gasteiger partial charge in [-0.05, 0) is 18.2 Å². The number of benzene rings is 8. The molecule has 0 N–H and O–H groups in total. The van der Waals surface area contributed by atoms with E-state index < -0.39 is 0 Å². The fourth-order valence-electron chi connectivity index (χ4n) is 8.33. The van der Waals surface area contributed by atoms with Gasteiger partial charge in [0.15, 0.2) is 0 Å². The Morgan fingerprint density at radius 3 is 1.83 bits per heavy atom. The zero-order valence-electron chi connectivity index (χ0n) is 27.7. The summed E-state index contributed by atoms with van der Waals surface area (Å²) < 4.78 is 18.1. The molecule has 11 aromatic rings. The van der Waals surface area contributed by atoms with E-state index in [0.29, 0.717) is 0 Å². The predicted molar refractivity (Wildman–Crippen MR) is 209 cm³/mol. The van der Waals surface area contributed by atoms with E-state index in [1.165, 1.54) is 73.4 Å². The molecule has 0 atom stereocenters. The number of aromatic nitrogens is 1. The number of hydrogen-bond acceptors (Lipinski definition) is 2. The molecule has 52 heavy (non-hydrogen) atoms. The number of furan rings is 2. The molecule has 1 aliphatic heterocycles. The molecule has 0 radical (unpaired) electrons. The first-order valence-electron chi connectivity index (χ1n) is 17.5. The molecule has 0 fully saturated rings. The number of para-hydroxylation sites is 3. The van der Waals surface area contributed by atoms with Gasteiger partial charge in [0.05, 0.1) is 0 Å². The van der Waals surface area contributed by atoms with Crippen LogP contribution in [0.3, 0.4) is 0 Å². The minimum atomic E-state index is -0.298. The smallest absolute Gasteiger partial charge is 0.0380 e. The van der Waals surface area contributed by atoms with Crippen LogP contribution >= 0.6 is 0 Å². The van der Waals surface area contributed by atoms with Crippen LogP contribution in [0.4, 0.5) is 0 Å². The maximum atomic E-state index is 6.77. The van der Waals surface area contributed by atoms with Gasteiger partial charge in [0.2, 0.25) is 0 Å². The Hall–Kier alpha value is -6.11. The number of nitrogens with zero attached hydrogens (tertiary/aromatic N) is 1. The average molecular weight is 777 g/mol. The van der Waals surface area contributed by atoms with Crippen LogP contribution in [0.1, 0.15) is 0 Å². The monoisotopic (exact) mass is 776 g/mol. The Labute approximate surface area is 308 Å². The third-order valence-electron chi connectivity index (χ3n) is 10.8.